The van der Waals surface area contributed by atoms with Crippen molar-refractivity contribution < 1.29 is 23.5 Å². The lowest BCUT2D eigenvalue weighted by Crippen LogP contribution is -2.48. The van der Waals surface area contributed by atoms with Crippen LogP contribution in [-0.2, 0) is 4.79 Å². The molecule has 8 heteroatoms. The molecule has 1 atom stereocenters. The Morgan fingerprint density at radius 2 is 1.90 bits per heavy atom. The zero-order valence-corrected chi connectivity index (χ0v) is 17.4. The molecular formula is C22H26FN3O4. The lowest BCUT2D eigenvalue weighted by Gasteiger charge is -2.20. The molecule has 0 aliphatic carbocycles. The highest BCUT2D eigenvalue weighted by Gasteiger charge is 2.25. The van der Waals surface area contributed by atoms with Crippen molar-refractivity contribution in [1.29, 1.82) is 0 Å². The Labute approximate surface area is 175 Å². The summed E-state index contributed by atoms with van der Waals surface area (Å²) in [7, 11) is 1.53. The third-order valence-electron chi connectivity index (χ3n) is 4.25. The van der Waals surface area contributed by atoms with Crippen LogP contribution in [0.3, 0.4) is 0 Å². The van der Waals surface area contributed by atoms with Gasteiger partial charge in [-0.2, -0.15) is 5.10 Å². The SMILES string of the molecule is CCOc1c(/C=N/NC(=O)C(NC(=O)c2ccccc2F)C(C)C)cccc1OC. The highest BCUT2D eigenvalue weighted by Crippen LogP contribution is 2.29. The number of carbonyl (C=O) groups excluding carboxylic acids is 2. The smallest absolute Gasteiger partial charge is 0.262 e. The van der Waals surface area contributed by atoms with Gasteiger partial charge >= 0.3 is 0 Å². The molecule has 1 unspecified atom stereocenters. The molecule has 0 spiro atoms. The number of amides is 2. The molecule has 160 valence electrons. The first-order valence-electron chi connectivity index (χ1n) is 9.57. The predicted molar refractivity (Wildman–Crippen MR) is 112 cm³/mol. The minimum Gasteiger partial charge on any atom is -0.493 e. The van der Waals surface area contributed by atoms with E-state index in [1.54, 1.807) is 38.1 Å². The number of nitrogens with zero attached hydrogens (tertiary/aromatic N) is 1. The van der Waals surface area contributed by atoms with Gasteiger partial charge in [0.2, 0.25) is 0 Å². The van der Waals surface area contributed by atoms with Gasteiger partial charge in [-0.3, -0.25) is 9.59 Å². The maximum atomic E-state index is 13.8. The van der Waals surface area contributed by atoms with Gasteiger partial charge in [-0.1, -0.05) is 32.0 Å². The molecule has 2 aromatic carbocycles. The van der Waals surface area contributed by atoms with Crippen LogP contribution in [0, 0.1) is 11.7 Å². The van der Waals surface area contributed by atoms with Crippen molar-refractivity contribution >= 4 is 18.0 Å². The number of ether oxygens (including phenoxy) is 2. The molecule has 2 amide bonds. The van der Waals surface area contributed by atoms with E-state index in [9.17, 15) is 14.0 Å². The first kappa shape index (κ1) is 22.9. The number of nitrogens with one attached hydrogen (secondary N) is 2. The number of methoxy groups -OCH3 is 1. The molecule has 7 nitrogen and oxygen atoms in total. The van der Waals surface area contributed by atoms with Crippen molar-refractivity contribution in [2.24, 2.45) is 11.0 Å². The number of para-hydroxylation sites is 1. The molecule has 2 N–H and O–H groups in total. The molecule has 2 aromatic rings. The topological polar surface area (TPSA) is 89.0 Å². The van der Waals surface area contributed by atoms with E-state index >= 15 is 0 Å². The van der Waals surface area contributed by atoms with Crippen molar-refractivity contribution in [3.63, 3.8) is 0 Å². The fraction of sp³-hybridized carbons (Fsp3) is 0.318. The number of hydrogen-bond donors (Lipinski definition) is 2. The first-order chi connectivity index (χ1) is 14.4. The van der Waals surface area contributed by atoms with Gasteiger partial charge < -0.3 is 14.8 Å². The summed E-state index contributed by atoms with van der Waals surface area (Å²) in [5.41, 5.74) is 2.91. The lowest BCUT2D eigenvalue weighted by molar-refractivity contribution is -0.123. The first-order valence-corrected chi connectivity index (χ1v) is 9.57. The second kappa shape index (κ2) is 10.9. The summed E-state index contributed by atoms with van der Waals surface area (Å²) in [6.07, 6.45) is 1.43. The largest absolute Gasteiger partial charge is 0.493 e. The summed E-state index contributed by atoms with van der Waals surface area (Å²) < 4.78 is 24.7. The number of halogens is 1. The van der Waals surface area contributed by atoms with E-state index in [4.69, 9.17) is 9.47 Å². The number of carbonyl (C=O) groups is 2. The maximum Gasteiger partial charge on any atom is 0.262 e. The van der Waals surface area contributed by atoms with Gasteiger partial charge in [0.1, 0.15) is 11.9 Å². The maximum absolute atomic E-state index is 13.8. The lowest BCUT2D eigenvalue weighted by atomic mass is 10.0. The van der Waals surface area contributed by atoms with E-state index in [1.165, 1.54) is 31.5 Å². The van der Waals surface area contributed by atoms with Crippen molar-refractivity contribution in [1.82, 2.24) is 10.7 Å². The molecule has 0 aromatic heterocycles. The quantitative estimate of drug-likeness (QED) is 0.486. The van der Waals surface area contributed by atoms with E-state index in [-0.39, 0.29) is 11.5 Å². The summed E-state index contributed by atoms with van der Waals surface area (Å²) in [5.74, 6) is -1.04. The van der Waals surface area contributed by atoms with Crippen LogP contribution in [0.2, 0.25) is 0 Å². The van der Waals surface area contributed by atoms with Gasteiger partial charge in [0.05, 0.1) is 25.5 Å². The third kappa shape index (κ3) is 5.79. The van der Waals surface area contributed by atoms with Gasteiger partial charge in [0, 0.05) is 5.56 Å². The number of hydrazone groups is 1. The Balaban J connectivity index is 2.11. The van der Waals surface area contributed by atoms with E-state index in [0.717, 1.165) is 0 Å². The van der Waals surface area contributed by atoms with Crippen molar-refractivity contribution in [3.05, 3.63) is 59.4 Å². The van der Waals surface area contributed by atoms with Crippen LogP contribution in [0.15, 0.2) is 47.6 Å². The molecular weight excluding hydrogens is 389 g/mol. The van der Waals surface area contributed by atoms with Crippen molar-refractivity contribution in [2.75, 3.05) is 13.7 Å². The van der Waals surface area contributed by atoms with Crippen LogP contribution in [0.4, 0.5) is 4.39 Å². The zero-order chi connectivity index (χ0) is 22.1. The van der Waals surface area contributed by atoms with Crippen molar-refractivity contribution in [2.45, 2.75) is 26.8 Å². The van der Waals surface area contributed by atoms with Gasteiger partial charge in [0.25, 0.3) is 11.8 Å². The zero-order valence-electron chi connectivity index (χ0n) is 17.4. The van der Waals surface area contributed by atoms with Crippen LogP contribution in [0.1, 0.15) is 36.7 Å². The molecule has 0 bridgehead atoms. The summed E-state index contributed by atoms with van der Waals surface area (Å²) in [4.78, 5) is 24.9. The molecule has 2 rings (SSSR count). The number of benzene rings is 2. The van der Waals surface area contributed by atoms with E-state index < -0.39 is 23.7 Å². The van der Waals surface area contributed by atoms with Crippen LogP contribution >= 0.6 is 0 Å². The molecule has 0 saturated heterocycles. The highest BCUT2D eigenvalue weighted by molar-refractivity contribution is 5.98. The monoisotopic (exact) mass is 415 g/mol. The predicted octanol–water partition coefficient (Wildman–Crippen LogP) is 3.14. The minimum absolute atomic E-state index is 0.128. The Morgan fingerprint density at radius 3 is 2.53 bits per heavy atom. The Bertz CT molecular complexity index is 915. The van der Waals surface area contributed by atoms with Gasteiger partial charge in [-0.05, 0) is 37.1 Å². The van der Waals surface area contributed by atoms with Gasteiger partial charge in [0.15, 0.2) is 11.5 Å². The van der Waals surface area contributed by atoms with Crippen LogP contribution in [0.25, 0.3) is 0 Å². The Kier molecular flexibility index (Phi) is 8.34. The average molecular weight is 415 g/mol. The fourth-order valence-corrected chi connectivity index (χ4v) is 2.73. The molecule has 0 aliphatic rings. The highest BCUT2D eigenvalue weighted by atomic mass is 19.1. The molecule has 0 saturated carbocycles. The Hall–Kier alpha value is -3.42. The van der Waals surface area contributed by atoms with E-state index in [2.05, 4.69) is 15.8 Å². The third-order valence-corrected chi connectivity index (χ3v) is 4.25. The second-order valence-electron chi connectivity index (χ2n) is 6.72. The second-order valence-corrected chi connectivity index (χ2v) is 6.72. The van der Waals surface area contributed by atoms with E-state index in [1.807, 2.05) is 6.92 Å². The molecule has 0 radical (unpaired) electrons. The van der Waals surface area contributed by atoms with Gasteiger partial charge in [-0.25, -0.2) is 9.82 Å². The van der Waals surface area contributed by atoms with E-state index in [0.29, 0.717) is 23.7 Å². The summed E-state index contributed by atoms with van der Waals surface area (Å²) in [5, 5.41) is 6.54. The number of rotatable bonds is 9. The van der Waals surface area contributed by atoms with Crippen molar-refractivity contribution in [3.8, 4) is 11.5 Å². The number of hydrogen-bond acceptors (Lipinski definition) is 5. The fourth-order valence-electron chi connectivity index (χ4n) is 2.73. The Morgan fingerprint density at radius 1 is 1.17 bits per heavy atom. The average Bonchev–Trinajstić information content (AvgIpc) is 2.73. The minimum atomic E-state index is -0.897. The van der Waals surface area contributed by atoms with Crippen LogP contribution in [-0.4, -0.2) is 37.8 Å². The summed E-state index contributed by atoms with van der Waals surface area (Å²) >= 11 is 0. The summed E-state index contributed by atoms with van der Waals surface area (Å²) in [6.45, 7) is 5.82. The molecule has 30 heavy (non-hydrogen) atoms. The molecule has 0 fully saturated rings. The van der Waals surface area contributed by atoms with Gasteiger partial charge in [-0.15, -0.1) is 0 Å². The van der Waals surface area contributed by atoms with Crippen LogP contribution in [0.5, 0.6) is 11.5 Å². The van der Waals surface area contributed by atoms with Crippen LogP contribution < -0.4 is 20.2 Å². The molecule has 0 aliphatic heterocycles. The molecule has 0 heterocycles. The standard InChI is InChI=1S/C22H26FN3O4/c1-5-30-20-15(9-8-12-18(20)29-4)13-24-26-22(28)19(14(2)3)25-21(27)16-10-6-7-11-17(16)23/h6-14,19H,5H2,1-4H3,(H,25,27)(H,26,28)/b24-13+. The summed E-state index contributed by atoms with van der Waals surface area (Å²) in [6, 6.07) is 9.99. The normalized spacial score (nSPS) is 11.9.